The zero-order valence-corrected chi connectivity index (χ0v) is 20.4. The fourth-order valence-electron chi connectivity index (χ4n) is 4.40. The first-order valence-corrected chi connectivity index (χ1v) is 13.4. The summed E-state index contributed by atoms with van der Waals surface area (Å²) >= 11 is 0. The third-order valence-corrected chi connectivity index (χ3v) is 8.11. The second-order valence-corrected chi connectivity index (χ2v) is 10.4. The van der Waals surface area contributed by atoms with E-state index in [2.05, 4.69) is 5.32 Å². The molecule has 0 aromatic heterocycles. The van der Waals surface area contributed by atoms with Crippen molar-refractivity contribution in [2.24, 2.45) is 0 Å². The van der Waals surface area contributed by atoms with Gasteiger partial charge in [-0.2, -0.15) is 4.31 Å². The van der Waals surface area contributed by atoms with Gasteiger partial charge in [0.2, 0.25) is 15.9 Å². The van der Waals surface area contributed by atoms with Crippen LogP contribution in [0.5, 0.6) is 5.75 Å². The summed E-state index contributed by atoms with van der Waals surface area (Å²) in [5.74, 6) is 0.301. The van der Waals surface area contributed by atoms with Gasteiger partial charge in [-0.1, -0.05) is 30.3 Å². The first-order chi connectivity index (χ1) is 16.5. The van der Waals surface area contributed by atoms with Gasteiger partial charge >= 0.3 is 0 Å². The number of piperidine rings is 1. The summed E-state index contributed by atoms with van der Waals surface area (Å²) in [6, 6.07) is 13.9. The molecule has 4 rings (SSSR count). The largest absolute Gasteiger partial charge is 0.492 e. The number of hydrogen-bond donors (Lipinski definition) is 1. The number of likely N-dealkylation sites (tertiary alicyclic amines) is 1. The number of nitrogens with zero attached hydrogens (tertiary/aromatic N) is 2. The second kappa shape index (κ2) is 11.2. The van der Waals surface area contributed by atoms with Crippen LogP contribution in [-0.4, -0.2) is 69.5 Å². The minimum Gasteiger partial charge on any atom is -0.492 e. The molecular weight excluding hydrogens is 454 g/mol. The predicted molar refractivity (Wildman–Crippen MR) is 130 cm³/mol. The Hall–Kier alpha value is -2.62. The molecule has 0 bridgehead atoms. The van der Waals surface area contributed by atoms with Crippen molar-refractivity contribution in [2.75, 3.05) is 51.3 Å². The maximum absolute atomic E-state index is 13.5. The van der Waals surface area contributed by atoms with Crippen molar-refractivity contribution < 1.29 is 22.7 Å². The molecule has 2 aromatic carbocycles. The lowest BCUT2D eigenvalue weighted by atomic mass is 10.0. The average Bonchev–Trinajstić information content (AvgIpc) is 2.89. The van der Waals surface area contributed by atoms with Crippen molar-refractivity contribution in [1.29, 1.82) is 0 Å². The molecule has 184 valence electrons. The third kappa shape index (κ3) is 5.54. The van der Waals surface area contributed by atoms with Crippen LogP contribution in [0.1, 0.15) is 37.8 Å². The highest BCUT2D eigenvalue weighted by atomic mass is 32.2. The number of ether oxygens (including phenoxy) is 2. The molecule has 2 fully saturated rings. The van der Waals surface area contributed by atoms with E-state index in [9.17, 15) is 13.2 Å². The van der Waals surface area contributed by atoms with Crippen LogP contribution >= 0.6 is 0 Å². The van der Waals surface area contributed by atoms with Gasteiger partial charge in [0.1, 0.15) is 16.7 Å². The topological polar surface area (TPSA) is 88.2 Å². The van der Waals surface area contributed by atoms with E-state index in [1.165, 1.54) is 4.31 Å². The Morgan fingerprint density at radius 1 is 1.03 bits per heavy atom. The van der Waals surface area contributed by atoms with Crippen LogP contribution < -0.4 is 10.1 Å². The lowest BCUT2D eigenvalue weighted by Crippen LogP contribution is -2.41. The molecule has 2 aliphatic rings. The molecule has 0 saturated carbocycles. The summed E-state index contributed by atoms with van der Waals surface area (Å²) < 4.78 is 39.3. The van der Waals surface area contributed by atoms with Crippen LogP contribution in [0.15, 0.2) is 53.4 Å². The summed E-state index contributed by atoms with van der Waals surface area (Å²) in [7, 11) is -3.79. The van der Waals surface area contributed by atoms with E-state index in [-0.39, 0.29) is 10.8 Å². The zero-order valence-electron chi connectivity index (χ0n) is 19.6. The molecule has 0 radical (unpaired) electrons. The van der Waals surface area contributed by atoms with Crippen molar-refractivity contribution in [3.05, 3.63) is 54.1 Å². The first kappa shape index (κ1) is 24.5. The molecule has 1 unspecified atom stereocenters. The Labute approximate surface area is 201 Å². The molecule has 1 N–H and O–H groups in total. The summed E-state index contributed by atoms with van der Waals surface area (Å²) in [6.45, 7) is 4.96. The number of sulfonamides is 1. The first-order valence-electron chi connectivity index (χ1n) is 12.0. The van der Waals surface area contributed by atoms with E-state index in [1.807, 2.05) is 42.2 Å². The predicted octanol–water partition coefficient (Wildman–Crippen LogP) is 3.27. The number of morpholine rings is 1. The molecule has 2 aliphatic heterocycles. The van der Waals surface area contributed by atoms with E-state index in [0.29, 0.717) is 44.3 Å². The fourth-order valence-corrected chi connectivity index (χ4v) is 5.96. The van der Waals surface area contributed by atoms with E-state index < -0.39 is 16.1 Å². The summed E-state index contributed by atoms with van der Waals surface area (Å²) in [5, 5.41) is 3.32. The van der Waals surface area contributed by atoms with Gasteiger partial charge in [0, 0.05) is 31.9 Å². The molecule has 0 spiro atoms. The normalized spacial score (nSPS) is 18.3. The number of carbonyl (C=O) groups is 1. The number of anilines is 1. The Morgan fingerprint density at radius 3 is 2.41 bits per heavy atom. The standard InChI is InChI=1S/C25H33N3O5S/c1-2-33-22-12-11-21(19-23(22)34(30,31)28-15-17-32-18-16-28)26-24(20-9-5-3-6-10-20)25(29)27-13-7-4-8-14-27/h3,5-6,9-12,19,24,26H,2,4,7-8,13-18H2,1H3. The molecule has 1 atom stereocenters. The molecule has 2 aromatic rings. The maximum Gasteiger partial charge on any atom is 0.249 e. The van der Waals surface area contributed by atoms with E-state index in [0.717, 1.165) is 37.9 Å². The van der Waals surface area contributed by atoms with Crippen molar-refractivity contribution in [3.63, 3.8) is 0 Å². The number of amides is 1. The van der Waals surface area contributed by atoms with E-state index >= 15 is 0 Å². The Morgan fingerprint density at radius 2 is 1.74 bits per heavy atom. The maximum atomic E-state index is 13.5. The van der Waals surface area contributed by atoms with Crippen LogP contribution in [0, 0.1) is 0 Å². The van der Waals surface area contributed by atoms with Gasteiger partial charge in [0.05, 0.1) is 19.8 Å². The van der Waals surface area contributed by atoms with E-state index in [1.54, 1.807) is 18.2 Å². The molecule has 9 heteroatoms. The number of carbonyl (C=O) groups excluding carboxylic acids is 1. The van der Waals surface area contributed by atoms with Gasteiger partial charge in [0.25, 0.3) is 0 Å². The number of nitrogens with one attached hydrogen (secondary N) is 1. The van der Waals surface area contributed by atoms with E-state index in [4.69, 9.17) is 9.47 Å². The highest BCUT2D eigenvalue weighted by Crippen LogP contribution is 2.32. The van der Waals surface area contributed by atoms with Crippen LogP contribution in [0.25, 0.3) is 0 Å². The third-order valence-electron chi connectivity index (χ3n) is 6.19. The summed E-state index contributed by atoms with van der Waals surface area (Å²) in [5.41, 5.74) is 1.39. The highest BCUT2D eigenvalue weighted by Gasteiger charge is 2.31. The number of rotatable bonds is 8. The van der Waals surface area contributed by atoms with Crippen LogP contribution in [-0.2, 0) is 19.6 Å². The van der Waals surface area contributed by atoms with Gasteiger partial charge in [-0.25, -0.2) is 8.42 Å². The molecule has 1 amide bonds. The molecule has 2 saturated heterocycles. The van der Waals surface area contributed by atoms with Crippen molar-refractivity contribution in [1.82, 2.24) is 9.21 Å². The van der Waals surface area contributed by atoms with Gasteiger partial charge in [-0.3, -0.25) is 4.79 Å². The fraction of sp³-hybridized carbons (Fsp3) is 0.480. The Bertz CT molecular complexity index is 1070. The molecule has 2 heterocycles. The average molecular weight is 488 g/mol. The van der Waals surface area contributed by atoms with Crippen LogP contribution in [0.3, 0.4) is 0 Å². The van der Waals surface area contributed by atoms with Crippen molar-refractivity contribution in [3.8, 4) is 5.75 Å². The van der Waals surface area contributed by atoms with Gasteiger partial charge in [-0.15, -0.1) is 0 Å². The smallest absolute Gasteiger partial charge is 0.249 e. The molecule has 34 heavy (non-hydrogen) atoms. The summed E-state index contributed by atoms with van der Waals surface area (Å²) in [4.78, 5) is 15.5. The Kier molecular flexibility index (Phi) is 8.07. The van der Waals surface area contributed by atoms with Gasteiger partial charge in [-0.05, 0) is 49.9 Å². The lowest BCUT2D eigenvalue weighted by molar-refractivity contribution is -0.133. The minimum atomic E-state index is -3.79. The second-order valence-electron chi connectivity index (χ2n) is 8.48. The summed E-state index contributed by atoms with van der Waals surface area (Å²) in [6.07, 6.45) is 3.13. The monoisotopic (exact) mass is 487 g/mol. The lowest BCUT2D eigenvalue weighted by Gasteiger charge is -2.31. The van der Waals surface area contributed by atoms with Crippen LogP contribution in [0.2, 0.25) is 0 Å². The highest BCUT2D eigenvalue weighted by molar-refractivity contribution is 7.89. The number of hydrogen-bond acceptors (Lipinski definition) is 6. The van der Waals surface area contributed by atoms with Crippen LogP contribution in [0.4, 0.5) is 5.69 Å². The molecule has 8 nitrogen and oxygen atoms in total. The SMILES string of the molecule is CCOc1ccc(NC(C(=O)N2CCCCC2)c2ccccc2)cc1S(=O)(=O)N1CCOCC1. The molecule has 0 aliphatic carbocycles. The minimum absolute atomic E-state index is 0.00243. The van der Waals surface area contributed by atoms with Gasteiger partial charge < -0.3 is 19.7 Å². The number of benzene rings is 2. The molecular formula is C25H33N3O5S. The van der Waals surface area contributed by atoms with Crippen molar-refractivity contribution >= 4 is 21.6 Å². The Balaban J connectivity index is 1.67. The zero-order chi connectivity index (χ0) is 24.0. The van der Waals surface area contributed by atoms with Crippen molar-refractivity contribution in [2.45, 2.75) is 37.1 Å². The quantitative estimate of drug-likeness (QED) is 0.615. The van der Waals surface area contributed by atoms with Gasteiger partial charge in [0.15, 0.2) is 0 Å².